The number of hydrogen-bond donors (Lipinski definition) is 0. The lowest BCUT2D eigenvalue weighted by Gasteiger charge is -2.39. The Morgan fingerprint density at radius 3 is 2.79 bits per heavy atom. The minimum Gasteiger partial charge on any atom is -0.444 e. The highest BCUT2D eigenvalue weighted by atomic mass is 35.5. The van der Waals surface area contributed by atoms with E-state index < -0.39 is 22.9 Å². The van der Waals surface area contributed by atoms with Gasteiger partial charge in [-0.05, 0) is 57.7 Å². The van der Waals surface area contributed by atoms with E-state index in [1.807, 2.05) is 20.8 Å². The van der Waals surface area contributed by atoms with Crippen LogP contribution in [0.4, 0.5) is 9.18 Å². The normalized spacial score (nSPS) is 21.2. The number of amides is 1. The van der Waals surface area contributed by atoms with Gasteiger partial charge < -0.3 is 9.64 Å². The molecular weight excluding hydrogens is 331 g/mol. The summed E-state index contributed by atoms with van der Waals surface area (Å²) >= 11 is 5.71. The first-order valence-electron chi connectivity index (χ1n) is 7.97. The van der Waals surface area contributed by atoms with Gasteiger partial charge in [-0.1, -0.05) is 17.7 Å². The Morgan fingerprint density at radius 2 is 2.21 bits per heavy atom. The fourth-order valence-corrected chi connectivity index (χ4v) is 3.05. The molecule has 1 aliphatic heterocycles. The van der Waals surface area contributed by atoms with Crippen molar-refractivity contribution in [2.75, 3.05) is 13.1 Å². The number of ether oxygens (including phenoxy) is 1. The summed E-state index contributed by atoms with van der Waals surface area (Å²) in [5.41, 5.74) is -0.622. The Balaban J connectivity index is 2.15. The second kappa shape index (κ2) is 6.98. The number of carbonyl (C=O) groups is 1. The van der Waals surface area contributed by atoms with Crippen molar-refractivity contribution in [3.05, 3.63) is 34.6 Å². The molecule has 1 aromatic carbocycles. The summed E-state index contributed by atoms with van der Waals surface area (Å²) in [7, 11) is 0. The maximum atomic E-state index is 13.7. The lowest BCUT2D eigenvalue weighted by Crippen LogP contribution is -2.48. The summed E-state index contributed by atoms with van der Waals surface area (Å²) in [5, 5.41) is 9.77. The fraction of sp³-hybridized carbons (Fsp3) is 0.556. The fourth-order valence-electron chi connectivity index (χ4n) is 2.93. The van der Waals surface area contributed by atoms with Gasteiger partial charge in [0.05, 0.1) is 16.5 Å². The summed E-state index contributed by atoms with van der Waals surface area (Å²) in [4.78, 5) is 13.9. The van der Waals surface area contributed by atoms with Gasteiger partial charge in [-0.3, -0.25) is 0 Å². The van der Waals surface area contributed by atoms with E-state index in [0.29, 0.717) is 31.4 Å². The smallest absolute Gasteiger partial charge is 0.410 e. The number of nitriles is 1. The quantitative estimate of drug-likeness (QED) is 0.783. The molecule has 1 aromatic rings. The molecule has 4 nitrogen and oxygen atoms in total. The van der Waals surface area contributed by atoms with E-state index in [4.69, 9.17) is 16.3 Å². The maximum Gasteiger partial charge on any atom is 0.410 e. The molecule has 1 heterocycles. The third kappa shape index (κ3) is 4.61. The van der Waals surface area contributed by atoms with Crippen molar-refractivity contribution >= 4 is 17.7 Å². The number of rotatable bonds is 2. The average Bonchev–Trinajstić information content (AvgIpc) is 2.49. The topological polar surface area (TPSA) is 53.3 Å². The summed E-state index contributed by atoms with van der Waals surface area (Å²) in [6, 6.07) is 6.91. The summed E-state index contributed by atoms with van der Waals surface area (Å²) in [6.45, 7) is 6.27. The van der Waals surface area contributed by atoms with Crippen molar-refractivity contribution in [3.8, 4) is 6.07 Å². The molecule has 0 saturated carbocycles. The van der Waals surface area contributed by atoms with Crippen LogP contribution in [0.2, 0.25) is 5.02 Å². The van der Waals surface area contributed by atoms with Gasteiger partial charge in [0.1, 0.15) is 11.4 Å². The van der Waals surface area contributed by atoms with Crippen LogP contribution in [0.3, 0.4) is 0 Å². The molecule has 0 spiro atoms. The van der Waals surface area contributed by atoms with Crippen LogP contribution in [0, 0.1) is 22.6 Å². The summed E-state index contributed by atoms with van der Waals surface area (Å²) in [5.74, 6) is -0.498. The van der Waals surface area contributed by atoms with Crippen LogP contribution in [-0.2, 0) is 11.2 Å². The second-order valence-electron chi connectivity index (χ2n) is 7.32. The van der Waals surface area contributed by atoms with Gasteiger partial charge in [-0.15, -0.1) is 0 Å². The zero-order valence-corrected chi connectivity index (χ0v) is 15.0. The molecule has 0 aromatic heterocycles. The van der Waals surface area contributed by atoms with Crippen molar-refractivity contribution in [2.45, 2.75) is 45.6 Å². The van der Waals surface area contributed by atoms with Gasteiger partial charge in [-0.25, -0.2) is 9.18 Å². The minimum absolute atomic E-state index is 0.0591. The predicted octanol–water partition coefficient (Wildman–Crippen LogP) is 4.56. The molecule has 130 valence electrons. The van der Waals surface area contributed by atoms with Crippen molar-refractivity contribution in [1.82, 2.24) is 4.90 Å². The van der Waals surface area contributed by atoms with Gasteiger partial charge in [0.25, 0.3) is 0 Å². The van der Waals surface area contributed by atoms with Gasteiger partial charge in [0, 0.05) is 13.1 Å². The highest BCUT2D eigenvalue weighted by Crippen LogP contribution is 2.34. The molecule has 1 fully saturated rings. The molecule has 2 rings (SSSR count). The average molecular weight is 353 g/mol. The standard InChI is InChI=1S/C18H22ClFN2O2/c1-17(2,3)24-16(23)22-8-4-7-18(11-21,12-22)10-13-5-6-14(19)15(20)9-13/h5-6,9H,4,7-8,10,12H2,1-3H3. The highest BCUT2D eigenvalue weighted by molar-refractivity contribution is 6.30. The number of benzene rings is 1. The molecule has 0 bridgehead atoms. The van der Waals surface area contributed by atoms with E-state index in [1.54, 1.807) is 11.0 Å². The van der Waals surface area contributed by atoms with Crippen LogP contribution in [0.25, 0.3) is 0 Å². The number of carbonyl (C=O) groups excluding carboxylic acids is 1. The SMILES string of the molecule is CC(C)(C)OC(=O)N1CCCC(C#N)(Cc2ccc(Cl)c(F)c2)C1. The van der Waals surface area contributed by atoms with E-state index in [-0.39, 0.29) is 11.6 Å². The number of halogens is 2. The van der Waals surface area contributed by atoms with Crippen LogP contribution < -0.4 is 0 Å². The first-order chi connectivity index (χ1) is 11.1. The Morgan fingerprint density at radius 1 is 1.50 bits per heavy atom. The van der Waals surface area contributed by atoms with E-state index in [1.165, 1.54) is 12.1 Å². The second-order valence-corrected chi connectivity index (χ2v) is 7.73. The zero-order chi connectivity index (χ0) is 18.0. The van der Waals surface area contributed by atoms with Gasteiger partial charge in [0.15, 0.2) is 0 Å². The molecule has 1 amide bonds. The van der Waals surface area contributed by atoms with Gasteiger partial charge in [-0.2, -0.15) is 5.26 Å². The van der Waals surface area contributed by atoms with E-state index in [2.05, 4.69) is 6.07 Å². The molecule has 6 heteroatoms. The third-order valence-corrected chi connectivity index (χ3v) is 4.30. The minimum atomic E-state index is -0.741. The van der Waals surface area contributed by atoms with E-state index in [9.17, 15) is 14.4 Å². The lowest BCUT2D eigenvalue weighted by atomic mass is 9.76. The predicted molar refractivity (Wildman–Crippen MR) is 90.2 cm³/mol. The summed E-state index contributed by atoms with van der Waals surface area (Å²) < 4.78 is 19.1. The number of likely N-dealkylation sites (tertiary alicyclic amines) is 1. The van der Waals surface area contributed by atoms with Crippen molar-refractivity contribution < 1.29 is 13.9 Å². The largest absolute Gasteiger partial charge is 0.444 e. The lowest BCUT2D eigenvalue weighted by molar-refractivity contribution is 0.0111. The first-order valence-corrected chi connectivity index (χ1v) is 8.35. The Bertz CT molecular complexity index is 666. The molecule has 0 aliphatic carbocycles. The Labute approximate surface area is 147 Å². The molecule has 1 atom stereocenters. The van der Waals surface area contributed by atoms with Crippen molar-refractivity contribution in [3.63, 3.8) is 0 Å². The third-order valence-electron chi connectivity index (χ3n) is 3.99. The molecule has 1 aliphatic rings. The van der Waals surface area contributed by atoms with Crippen LogP contribution in [0.1, 0.15) is 39.2 Å². The summed E-state index contributed by atoms with van der Waals surface area (Å²) in [6.07, 6.45) is 1.33. The molecule has 24 heavy (non-hydrogen) atoms. The molecule has 0 N–H and O–H groups in total. The maximum absolute atomic E-state index is 13.7. The van der Waals surface area contributed by atoms with Crippen LogP contribution in [0.5, 0.6) is 0 Å². The van der Waals surface area contributed by atoms with E-state index >= 15 is 0 Å². The van der Waals surface area contributed by atoms with Gasteiger partial charge in [0.2, 0.25) is 0 Å². The first kappa shape index (κ1) is 18.5. The molecule has 1 saturated heterocycles. The number of nitrogens with zero attached hydrogens (tertiary/aromatic N) is 2. The zero-order valence-electron chi connectivity index (χ0n) is 14.2. The molecule has 1 unspecified atom stereocenters. The van der Waals surface area contributed by atoms with Gasteiger partial charge >= 0.3 is 6.09 Å². The Hall–Kier alpha value is -1.80. The highest BCUT2D eigenvalue weighted by Gasteiger charge is 2.39. The number of piperidine rings is 1. The Kier molecular flexibility index (Phi) is 5.39. The van der Waals surface area contributed by atoms with Crippen molar-refractivity contribution in [1.29, 1.82) is 5.26 Å². The molecule has 0 radical (unpaired) electrons. The number of hydrogen-bond acceptors (Lipinski definition) is 3. The van der Waals surface area contributed by atoms with Crippen LogP contribution >= 0.6 is 11.6 Å². The van der Waals surface area contributed by atoms with Crippen LogP contribution in [-0.4, -0.2) is 29.7 Å². The van der Waals surface area contributed by atoms with Crippen molar-refractivity contribution in [2.24, 2.45) is 5.41 Å². The molecular formula is C18H22ClFN2O2. The monoisotopic (exact) mass is 352 g/mol. The van der Waals surface area contributed by atoms with E-state index in [0.717, 1.165) is 0 Å². The van der Waals surface area contributed by atoms with Crippen LogP contribution in [0.15, 0.2) is 18.2 Å².